The van der Waals surface area contributed by atoms with Crippen LogP contribution in [0.5, 0.6) is 0 Å². The average Bonchev–Trinajstić information content (AvgIpc) is 3.43. The highest BCUT2D eigenvalue weighted by Gasteiger charge is 2.42. The van der Waals surface area contributed by atoms with Crippen molar-refractivity contribution in [3.05, 3.63) is 64.8 Å². The number of aliphatic hydroxyl groups is 2. The molecule has 1 aliphatic carbocycles. The predicted molar refractivity (Wildman–Crippen MR) is 137 cm³/mol. The van der Waals surface area contributed by atoms with E-state index in [0.29, 0.717) is 5.56 Å². The summed E-state index contributed by atoms with van der Waals surface area (Å²) in [5.41, 5.74) is -4.06. The minimum Gasteiger partial charge on any atom is -0.390 e. The molecule has 0 aliphatic heterocycles. The van der Waals surface area contributed by atoms with Crippen LogP contribution < -0.4 is 10.5 Å². The van der Waals surface area contributed by atoms with Gasteiger partial charge in [0.25, 0.3) is 0 Å². The molecule has 0 saturated heterocycles. The normalized spacial score (nSPS) is 21.5. The van der Waals surface area contributed by atoms with Gasteiger partial charge in [0.2, 0.25) is 5.78 Å². The van der Waals surface area contributed by atoms with E-state index >= 15 is 0 Å². The van der Waals surface area contributed by atoms with Crippen molar-refractivity contribution in [2.45, 2.75) is 41.6 Å². The second kappa shape index (κ2) is 12.0. The Labute approximate surface area is 235 Å². The van der Waals surface area contributed by atoms with Crippen LogP contribution in [0.4, 0.5) is 19.0 Å². The van der Waals surface area contributed by atoms with Gasteiger partial charge in [0.05, 0.1) is 35.9 Å². The molecule has 0 spiro atoms. The molecule has 1 aromatic carbocycles. The zero-order valence-electron chi connectivity index (χ0n) is 20.2. The van der Waals surface area contributed by atoms with Gasteiger partial charge >= 0.3 is 15.8 Å². The van der Waals surface area contributed by atoms with Crippen molar-refractivity contribution in [3.8, 4) is 0 Å². The molecule has 216 valence electrons. The van der Waals surface area contributed by atoms with Crippen molar-refractivity contribution in [3.63, 3.8) is 0 Å². The highest BCUT2D eigenvalue weighted by Crippen LogP contribution is 2.40. The largest absolute Gasteiger partial charge is 0.446 e. The Kier molecular flexibility index (Phi) is 9.03. The first-order valence-corrected chi connectivity index (χ1v) is 14.1. The molecule has 2 heterocycles. The molecule has 12 nitrogen and oxygen atoms in total. The number of nitrogens with one attached hydrogen (secondary N) is 1. The molecule has 18 heteroatoms. The lowest BCUT2D eigenvalue weighted by Gasteiger charge is -2.19. The van der Waals surface area contributed by atoms with Gasteiger partial charge in [0.1, 0.15) is 23.9 Å². The van der Waals surface area contributed by atoms with E-state index in [9.17, 15) is 36.6 Å². The van der Waals surface area contributed by atoms with Crippen LogP contribution in [0.25, 0.3) is 0 Å². The number of nitrogens with zero attached hydrogens (tertiary/aromatic N) is 4. The van der Waals surface area contributed by atoms with Crippen LogP contribution in [0.1, 0.15) is 28.0 Å². The molecule has 5 N–H and O–H groups in total. The Hall–Kier alpha value is -2.80. The topological polar surface area (TPSA) is 183 Å². The van der Waals surface area contributed by atoms with Crippen LogP contribution in [-0.2, 0) is 21.0 Å². The minimum absolute atomic E-state index is 0.00553. The molecule has 2 aromatic heterocycles. The molecule has 0 unspecified atom stereocenters. The van der Waals surface area contributed by atoms with Crippen LogP contribution in [0.3, 0.4) is 0 Å². The van der Waals surface area contributed by atoms with E-state index in [1.165, 1.54) is 35.3 Å². The second-order valence-corrected chi connectivity index (χ2v) is 11.6. The van der Waals surface area contributed by atoms with Crippen LogP contribution in [0, 0.1) is 5.92 Å². The SMILES string of the molecule is NS(=O)(=O)OC[C@H]1C[C@@H](Nc2ncncc2C(=O)c2ccn(Cc3ccc(Cl)c(SC(F)(F)F)c3)n2)[C@H](O)[C@@H]1O. The van der Waals surface area contributed by atoms with Gasteiger partial charge < -0.3 is 15.5 Å². The molecule has 40 heavy (non-hydrogen) atoms. The fourth-order valence-electron chi connectivity index (χ4n) is 4.15. The summed E-state index contributed by atoms with van der Waals surface area (Å²) >= 11 is 5.55. The number of hydrogen-bond donors (Lipinski definition) is 4. The molecular weight excluding hydrogens is 601 g/mol. The molecule has 1 fully saturated rings. The lowest BCUT2D eigenvalue weighted by Crippen LogP contribution is -2.36. The van der Waals surface area contributed by atoms with Crippen molar-refractivity contribution >= 4 is 45.3 Å². The third-order valence-corrected chi connectivity index (χ3v) is 7.66. The number of thioether (sulfide) groups is 1. The quantitative estimate of drug-likeness (QED) is 0.191. The summed E-state index contributed by atoms with van der Waals surface area (Å²) in [6.45, 7) is -0.396. The summed E-state index contributed by atoms with van der Waals surface area (Å²) in [6.07, 6.45) is 1.26. The summed E-state index contributed by atoms with van der Waals surface area (Å²) in [5, 5.41) is 32.6. The lowest BCUT2D eigenvalue weighted by molar-refractivity contribution is -0.0328. The maximum Gasteiger partial charge on any atom is 0.446 e. The van der Waals surface area contributed by atoms with Crippen LogP contribution in [0.15, 0.2) is 47.9 Å². The van der Waals surface area contributed by atoms with Gasteiger partial charge in [0.15, 0.2) is 0 Å². The molecule has 0 radical (unpaired) electrons. The fourth-order valence-corrected chi connectivity index (χ4v) is 5.37. The van der Waals surface area contributed by atoms with Gasteiger partial charge in [-0.15, -0.1) is 0 Å². The predicted octanol–water partition coefficient (Wildman–Crippen LogP) is 1.96. The van der Waals surface area contributed by atoms with E-state index in [4.69, 9.17) is 16.7 Å². The summed E-state index contributed by atoms with van der Waals surface area (Å²) in [7, 11) is -4.25. The molecule has 0 bridgehead atoms. The molecule has 0 amide bonds. The first-order valence-electron chi connectivity index (χ1n) is 11.4. The molecule has 3 aromatic rings. The summed E-state index contributed by atoms with van der Waals surface area (Å²) in [4.78, 5) is 21.0. The highest BCUT2D eigenvalue weighted by atomic mass is 35.5. The zero-order chi connectivity index (χ0) is 29.2. The Balaban J connectivity index is 1.47. The van der Waals surface area contributed by atoms with E-state index in [1.807, 2.05) is 0 Å². The second-order valence-electron chi connectivity index (χ2n) is 8.83. The van der Waals surface area contributed by atoms with Gasteiger partial charge in [-0.05, 0) is 41.9 Å². The highest BCUT2D eigenvalue weighted by molar-refractivity contribution is 8.00. The van der Waals surface area contributed by atoms with Gasteiger partial charge in [0, 0.05) is 23.2 Å². The third kappa shape index (κ3) is 7.68. The first kappa shape index (κ1) is 30.2. The zero-order valence-corrected chi connectivity index (χ0v) is 22.6. The smallest absolute Gasteiger partial charge is 0.390 e. The van der Waals surface area contributed by atoms with Crippen LogP contribution in [0.2, 0.25) is 5.02 Å². The van der Waals surface area contributed by atoms with Crippen molar-refractivity contribution in [2.75, 3.05) is 11.9 Å². The third-order valence-electron chi connectivity index (χ3n) is 5.97. The molecular formula is C22H22ClF3N6O6S2. The van der Waals surface area contributed by atoms with Crippen molar-refractivity contribution in [2.24, 2.45) is 11.1 Å². The molecule has 4 atom stereocenters. The molecule has 1 saturated carbocycles. The number of rotatable bonds is 10. The van der Waals surface area contributed by atoms with Crippen molar-refractivity contribution in [1.82, 2.24) is 19.7 Å². The van der Waals surface area contributed by atoms with Gasteiger partial charge in [-0.25, -0.2) is 15.1 Å². The monoisotopic (exact) mass is 622 g/mol. The van der Waals surface area contributed by atoms with Crippen LogP contribution in [-0.4, -0.2) is 74.5 Å². The number of alkyl halides is 3. The number of anilines is 1. The number of aromatic nitrogens is 4. The maximum atomic E-state index is 13.2. The summed E-state index contributed by atoms with van der Waals surface area (Å²) in [6, 6.07) is 4.77. The Morgan fingerprint density at radius 3 is 2.73 bits per heavy atom. The standard InChI is InChI=1S/C22H22ClF3N6O6S2/c23-14-2-1-11(5-17(14)39-22(24,25)26)8-32-4-3-15(31-32)19(34)13-7-28-10-29-21(13)30-16-6-12(18(33)20(16)35)9-38-40(27,36)37/h1-5,7,10,12,16,18,20,33,35H,6,8-9H2,(H2,27,36,37)(H,28,29,30)/t12-,16-,18-,20+/m1/s1. The Bertz CT molecular complexity index is 1490. The number of aliphatic hydroxyl groups excluding tert-OH is 2. The van der Waals surface area contributed by atoms with E-state index in [-0.39, 0.29) is 51.7 Å². The van der Waals surface area contributed by atoms with E-state index in [0.717, 1.165) is 6.33 Å². The maximum absolute atomic E-state index is 13.2. The molecule has 1 aliphatic rings. The van der Waals surface area contributed by atoms with E-state index in [1.54, 1.807) is 6.07 Å². The first-order chi connectivity index (χ1) is 18.7. The fraction of sp³-hybridized carbons (Fsp3) is 0.364. The number of benzene rings is 1. The number of hydrogen-bond acceptors (Lipinski definition) is 11. The Morgan fingerprint density at radius 1 is 1.27 bits per heavy atom. The summed E-state index contributed by atoms with van der Waals surface area (Å²) in [5.74, 6) is -1.33. The lowest BCUT2D eigenvalue weighted by atomic mass is 10.1. The number of nitrogens with two attached hydrogens (primary N) is 1. The van der Waals surface area contributed by atoms with Gasteiger partial charge in [-0.3, -0.25) is 13.7 Å². The van der Waals surface area contributed by atoms with E-state index < -0.39 is 52.4 Å². The summed E-state index contributed by atoms with van der Waals surface area (Å²) < 4.78 is 66.5. The van der Waals surface area contributed by atoms with Crippen LogP contribution >= 0.6 is 23.4 Å². The average molecular weight is 623 g/mol. The van der Waals surface area contributed by atoms with Gasteiger partial charge in [-0.2, -0.15) is 26.7 Å². The van der Waals surface area contributed by atoms with Gasteiger partial charge in [-0.1, -0.05) is 17.7 Å². The van der Waals surface area contributed by atoms with Crippen molar-refractivity contribution in [1.29, 1.82) is 0 Å². The number of carbonyl (C=O) groups is 1. The number of carbonyl (C=O) groups excluding carboxylic acids is 1. The Morgan fingerprint density at radius 2 is 2.02 bits per heavy atom. The minimum atomic E-state index is -4.51. The molecule has 4 rings (SSSR count). The van der Waals surface area contributed by atoms with Crippen molar-refractivity contribution < 1.29 is 40.8 Å². The number of halogens is 4. The number of ketones is 1. The van der Waals surface area contributed by atoms with E-state index in [2.05, 4.69) is 24.6 Å².